The van der Waals surface area contributed by atoms with Crippen LogP contribution in [-0.2, 0) is 6.61 Å². The Balaban J connectivity index is 2.49. The molecule has 0 aromatic carbocycles. The fraction of sp³-hybridized carbons (Fsp3) is 0.333. The maximum Gasteiger partial charge on any atom is 0.233 e. The topological polar surface area (TPSA) is 55.2 Å². The second kappa shape index (κ2) is 5.27. The lowest BCUT2D eigenvalue weighted by Gasteiger charge is -2.00. The Bertz CT molecular complexity index is 269. The van der Waals surface area contributed by atoms with Gasteiger partial charge in [0.05, 0.1) is 12.3 Å². The van der Waals surface area contributed by atoms with Gasteiger partial charge in [-0.15, -0.1) is 10.2 Å². The van der Waals surface area contributed by atoms with Crippen LogP contribution in [0.4, 0.5) is 0 Å². The van der Waals surface area contributed by atoms with E-state index in [1.54, 1.807) is 12.1 Å². The Kier molecular flexibility index (Phi) is 3.92. The molecule has 0 aliphatic rings. The SMILES string of the molecule is CC=CCOc1ccc(CO)nn1. The maximum atomic E-state index is 8.69. The molecule has 0 unspecified atom stereocenters. The zero-order valence-corrected chi connectivity index (χ0v) is 7.47. The van der Waals surface area contributed by atoms with Crippen molar-refractivity contribution in [3.8, 4) is 5.88 Å². The number of aliphatic hydroxyl groups is 1. The monoisotopic (exact) mass is 180 g/mol. The van der Waals surface area contributed by atoms with E-state index in [4.69, 9.17) is 9.84 Å². The molecule has 1 heterocycles. The summed E-state index contributed by atoms with van der Waals surface area (Å²) in [6, 6.07) is 3.36. The fourth-order valence-corrected chi connectivity index (χ4v) is 0.739. The van der Waals surface area contributed by atoms with Crippen LogP contribution in [0.1, 0.15) is 12.6 Å². The van der Waals surface area contributed by atoms with Crippen molar-refractivity contribution in [1.82, 2.24) is 10.2 Å². The molecule has 0 amide bonds. The summed E-state index contributed by atoms with van der Waals surface area (Å²) in [5, 5.41) is 16.2. The first-order chi connectivity index (χ1) is 6.36. The van der Waals surface area contributed by atoms with E-state index < -0.39 is 0 Å². The van der Waals surface area contributed by atoms with Gasteiger partial charge < -0.3 is 9.84 Å². The Morgan fingerprint density at radius 3 is 2.85 bits per heavy atom. The van der Waals surface area contributed by atoms with E-state index >= 15 is 0 Å². The number of allylic oxidation sites excluding steroid dienone is 1. The molecule has 0 radical (unpaired) electrons. The predicted molar refractivity (Wildman–Crippen MR) is 48.3 cm³/mol. The molecule has 4 heteroatoms. The van der Waals surface area contributed by atoms with Crippen LogP contribution in [0.25, 0.3) is 0 Å². The molecule has 1 aromatic rings. The molecule has 0 aliphatic carbocycles. The Hall–Kier alpha value is -1.42. The minimum absolute atomic E-state index is 0.0951. The summed E-state index contributed by atoms with van der Waals surface area (Å²) < 4.78 is 5.20. The van der Waals surface area contributed by atoms with Crippen molar-refractivity contribution in [1.29, 1.82) is 0 Å². The molecule has 70 valence electrons. The molecule has 1 rings (SSSR count). The van der Waals surface area contributed by atoms with E-state index in [-0.39, 0.29) is 6.61 Å². The first-order valence-electron chi connectivity index (χ1n) is 4.04. The lowest BCUT2D eigenvalue weighted by Crippen LogP contribution is -1.99. The first-order valence-corrected chi connectivity index (χ1v) is 4.04. The minimum Gasteiger partial charge on any atom is -0.472 e. The number of aliphatic hydroxyl groups excluding tert-OH is 1. The molecule has 0 spiro atoms. The summed E-state index contributed by atoms with van der Waals surface area (Å²) in [7, 11) is 0. The normalized spacial score (nSPS) is 10.6. The highest BCUT2D eigenvalue weighted by Crippen LogP contribution is 2.04. The molecule has 1 aromatic heterocycles. The Morgan fingerprint density at radius 2 is 2.31 bits per heavy atom. The van der Waals surface area contributed by atoms with Crippen LogP contribution < -0.4 is 4.74 Å². The van der Waals surface area contributed by atoms with Crippen LogP contribution in [0, 0.1) is 0 Å². The van der Waals surface area contributed by atoms with Crippen molar-refractivity contribution in [2.24, 2.45) is 0 Å². The quantitative estimate of drug-likeness (QED) is 0.700. The second-order valence-electron chi connectivity index (χ2n) is 2.40. The molecular formula is C9H12N2O2. The molecule has 0 bridgehead atoms. The van der Waals surface area contributed by atoms with Crippen LogP contribution in [0.2, 0.25) is 0 Å². The lowest BCUT2D eigenvalue weighted by atomic mass is 10.4. The van der Waals surface area contributed by atoms with E-state index in [0.29, 0.717) is 18.2 Å². The highest BCUT2D eigenvalue weighted by molar-refractivity contribution is 5.11. The summed E-state index contributed by atoms with van der Waals surface area (Å²) in [5.41, 5.74) is 0.540. The van der Waals surface area contributed by atoms with Crippen LogP contribution >= 0.6 is 0 Å². The van der Waals surface area contributed by atoms with Gasteiger partial charge in [0.1, 0.15) is 6.61 Å². The molecule has 1 N–H and O–H groups in total. The highest BCUT2D eigenvalue weighted by Gasteiger charge is 1.95. The van der Waals surface area contributed by atoms with Crippen LogP contribution in [0.5, 0.6) is 5.88 Å². The van der Waals surface area contributed by atoms with Crippen LogP contribution in [0.15, 0.2) is 24.3 Å². The standard InChI is InChI=1S/C9H12N2O2/c1-2-3-6-13-9-5-4-8(7-12)10-11-9/h2-5,12H,6-7H2,1H3. The molecular weight excluding hydrogens is 168 g/mol. The van der Waals surface area contributed by atoms with Crippen LogP contribution in [0.3, 0.4) is 0 Å². The Labute approximate surface area is 76.9 Å². The van der Waals surface area contributed by atoms with Crippen molar-refractivity contribution in [2.45, 2.75) is 13.5 Å². The maximum absolute atomic E-state index is 8.69. The van der Waals surface area contributed by atoms with E-state index in [0.717, 1.165) is 0 Å². The van der Waals surface area contributed by atoms with Gasteiger partial charge in [-0.1, -0.05) is 12.2 Å². The Morgan fingerprint density at radius 1 is 1.46 bits per heavy atom. The number of nitrogens with zero attached hydrogens (tertiary/aromatic N) is 2. The van der Waals surface area contributed by atoms with Gasteiger partial charge in [-0.2, -0.15) is 0 Å². The number of hydrogen-bond donors (Lipinski definition) is 1. The second-order valence-corrected chi connectivity index (χ2v) is 2.40. The molecule has 0 fully saturated rings. The van der Waals surface area contributed by atoms with Gasteiger partial charge in [0.25, 0.3) is 0 Å². The largest absolute Gasteiger partial charge is 0.472 e. The van der Waals surface area contributed by atoms with Crippen LogP contribution in [-0.4, -0.2) is 21.9 Å². The van der Waals surface area contributed by atoms with Crippen molar-refractivity contribution < 1.29 is 9.84 Å². The average molecular weight is 180 g/mol. The van der Waals surface area contributed by atoms with E-state index in [1.165, 1.54) is 0 Å². The summed E-state index contributed by atoms with van der Waals surface area (Å²) >= 11 is 0. The zero-order chi connectivity index (χ0) is 9.52. The van der Waals surface area contributed by atoms with Gasteiger partial charge in [-0.3, -0.25) is 0 Å². The third kappa shape index (κ3) is 3.21. The van der Waals surface area contributed by atoms with E-state index in [2.05, 4.69) is 10.2 Å². The molecule has 13 heavy (non-hydrogen) atoms. The van der Waals surface area contributed by atoms with Gasteiger partial charge in [-0.05, 0) is 13.0 Å². The predicted octanol–water partition coefficient (Wildman–Crippen LogP) is 0.924. The van der Waals surface area contributed by atoms with Crippen molar-refractivity contribution in [2.75, 3.05) is 6.61 Å². The molecule has 0 aliphatic heterocycles. The summed E-state index contributed by atoms with van der Waals surface area (Å²) in [5.74, 6) is 0.468. The van der Waals surface area contributed by atoms with Gasteiger partial charge in [-0.25, -0.2) is 0 Å². The number of rotatable bonds is 4. The van der Waals surface area contributed by atoms with Crippen molar-refractivity contribution in [3.63, 3.8) is 0 Å². The first kappa shape index (κ1) is 9.67. The smallest absolute Gasteiger partial charge is 0.233 e. The summed E-state index contributed by atoms with van der Waals surface area (Å²) in [6.45, 7) is 2.32. The molecule has 0 saturated heterocycles. The van der Waals surface area contributed by atoms with Gasteiger partial charge in [0, 0.05) is 6.07 Å². The van der Waals surface area contributed by atoms with E-state index in [1.807, 2.05) is 19.1 Å². The molecule has 0 atom stereocenters. The average Bonchev–Trinajstić information content (AvgIpc) is 2.19. The number of hydrogen-bond acceptors (Lipinski definition) is 4. The summed E-state index contributed by atoms with van der Waals surface area (Å²) in [4.78, 5) is 0. The fourth-order valence-electron chi connectivity index (χ4n) is 0.739. The lowest BCUT2D eigenvalue weighted by molar-refractivity contribution is 0.273. The van der Waals surface area contributed by atoms with E-state index in [9.17, 15) is 0 Å². The molecule has 0 saturated carbocycles. The van der Waals surface area contributed by atoms with Gasteiger partial charge in [0.2, 0.25) is 5.88 Å². The highest BCUT2D eigenvalue weighted by atomic mass is 16.5. The minimum atomic E-state index is -0.0951. The molecule has 4 nitrogen and oxygen atoms in total. The van der Waals surface area contributed by atoms with Crippen molar-refractivity contribution in [3.05, 3.63) is 30.0 Å². The van der Waals surface area contributed by atoms with Gasteiger partial charge >= 0.3 is 0 Å². The number of aromatic nitrogens is 2. The summed E-state index contributed by atoms with van der Waals surface area (Å²) in [6.07, 6.45) is 3.77. The van der Waals surface area contributed by atoms with Crippen molar-refractivity contribution >= 4 is 0 Å². The number of ether oxygens (including phenoxy) is 1. The van der Waals surface area contributed by atoms with Gasteiger partial charge in [0.15, 0.2) is 0 Å². The third-order valence-corrected chi connectivity index (χ3v) is 1.42. The third-order valence-electron chi connectivity index (χ3n) is 1.42. The zero-order valence-electron chi connectivity index (χ0n) is 7.47.